The van der Waals surface area contributed by atoms with Gasteiger partial charge < -0.3 is 14.4 Å². The van der Waals surface area contributed by atoms with E-state index in [1.165, 1.54) is 6.07 Å². The highest BCUT2D eigenvalue weighted by molar-refractivity contribution is 6.90. The second kappa shape index (κ2) is 6.55. The highest BCUT2D eigenvalue weighted by Gasteiger charge is 2.45. The predicted molar refractivity (Wildman–Crippen MR) is 117 cm³/mol. The van der Waals surface area contributed by atoms with Crippen LogP contribution in [0.5, 0.6) is 0 Å². The molecule has 0 aliphatic carbocycles. The quantitative estimate of drug-likeness (QED) is 0.371. The molecular formula is C23H22F2N2O4Si. The van der Waals surface area contributed by atoms with Crippen LogP contribution in [-0.4, -0.2) is 28.7 Å². The summed E-state index contributed by atoms with van der Waals surface area (Å²) in [6.45, 7) is 7.96. The molecule has 32 heavy (non-hydrogen) atoms. The van der Waals surface area contributed by atoms with Gasteiger partial charge in [0.05, 0.1) is 37.1 Å². The summed E-state index contributed by atoms with van der Waals surface area (Å²) in [7, 11) is -2.10. The average molecular weight is 457 g/mol. The number of esters is 1. The zero-order chi connectivity index (χ0) is 23.2. The Morgan fingerprint density at radius 3 is 2.50 bits per heavy atom. The molecule has 1 aromatic carbocycles. The lowest BCUT2D eigenvalue weighted by Gasteiger charge is -2.31. The average Bonchev–Trinajstić information content (AvgIpc) is 3.08. The first-order valence-corrected chi connectivity index (χ1v) is 14.0. The summed E-state index contributed by atoms with van der Waals surface area (Å²) >= 11 is 0. The maximum atomic E-state index is 14.1. The third-order valence-corrected chi connectivity index (χ3v) is 8.55. The van der Waals surface area contributed by atoms with Crippen LogP contribution >= 0.6 is 0 Å². The van der Waals surface area contributed by atoms with Gasteiger partial charge in [-0.2, -0.15) is 0 Å². The molecule has 1 N–H and O–H groups in total. The van der Waals surface area contributed by atoms with Gasteiger partial charge in [0.15, 0.2) is 17.2 Å². The first-order chi connectivity index (χ1) is 15.0. The number of benzene rings is 1. The highest BCUT2D eigenvalue weighted by Crippen LogP contribution is 2.39. The molecule has 3 aromatic rings. The molecule has 0 saturated carbocycles. The number of rotatable bonds is 2. The summed E-state index contributed by atoms with van der Waals surface area (Å²) in [6.07, 6.45) is 0.0460. The summed E-state index contributed by atoms with van der Waals surface area (Å²) in [5.41, 5.74) is 0.244. The molecule has 0 bridgehead atoms. The van der Waals surface area contributed by atoms with Gasteiger partial charge in [-0.25, -0.2) is 18.6 Å². The number of aromatic nitrogens is 2. The van der Waals surface area contributed by atoms with Crippen molar-refractivity contribution in [1.82, 2.24) is 9.55 Å². The summed E-state index contributed by atoms with van der Waals surface area (Å²) < 4.78 is 34.9. The van der Waals surface area contributed by atoms with Crippen molar-refractivity contribution in [1.29, 1.82) is 0 Å². The SMILES string of the molecule is CC[C@]1(O)C(=O)OCc2c1cc1n(c2=O)Cc2c-1nc1cc(F)c(F)cc1c2[Si](C)(C)C. The van der Waals surface area contributed by atoms with E-state index in [1.54, 1.807) is 17.6 Å². The lowest BCUT2D eigenvalue weighted by Crippen LogP contribution is -2.44. The Kier molecular flexibility index (Phi) is 4.29. The molecule has 9 heteroatoms. The number of cyclic esters (lactones) is 1. The Bertz CT molecular complexity index is 1410. The number of fused-ring (bicyclic) bond motifs is 5. The van der Waals surface area contributed by atoms with E-state index in [0.717, 1.165) is 16.8 Å². The lowest BCUT2D eigenvalue weighted by molar-refractivity contribution is -0.172. The van der Waals surface area contributed by atoms with Crippen molar-refractivity contribution in [2.24, 2.45) is 0 Å². The predicted octanol–water partition coefficient (Wildman–Crippen LogP) is 2.90. The van der Waals surface area contributed by atoms with Crippen molar-refractivity contribution in [3.63, 3.8) is 0 Å². The second-order valence-corrected chi connectivity index (χ2v) is 14.5. The minimum absolute atomic E-state index is 0.0460. The van der Waals surface area contributed by atoms with Crippen molar-refractivity contribution in [2.75, 3.05) is 0 Å². The number of ether oxygens (including phenoxy) is 1. The molecule has 0 saturated heterocycles. The van der Waals surface area contributed by atoms with Crippen molar-refractivity contribution in [2.45, 2.75) is 51.7 Å². The lowest BCUT2D eigenvalue weighted by atomic mass is 9.86. The molecule has 166 valence electrons. The molecule has 0 spiro atoms. The van der Waals surface area contributed by atoms with Crippen molar-refractivity contribution < 1.29 is 23.4 Å². The Morgan fingerprint density at radius 2 is 1.84 bits per heavy atom. The number of carbonyl (C=O) groups is 1. The summed E-state index contributed by atoms with van der Waals surface area (Å²) in [5.74, 6) is -2.72. The van der Waals surface area contributed by atoms with Gasteiger partial charge in [-0.3, -0.25) is 4.79 Å². The van der Waals surface area contributed by atoms with E-state index in [1.807, 2.05) is 0 Å². The number of halogens is 2. The molecule has 1 atom stereocenters. The van der Waals surface area contributed by atoms with Gasteiger partial charge in [-0.15, -0.1) is 0 Å². The smallest absolute Gasteiger partial charge is 0.343 e. The maximum absolute atomic E-state index is 14.1. The van der Waals surface area contributed by atoms with Gasteiger partial charge in [0.1, 0.15) is 6.61 Å². The zero-order valence-corrected chi connectivity index (χ0v) is 19.2. The van der Waals surface area contributed by atoms with Gasteiger partial charge in [-0.1, -0.05) is 26.6 Å². The monoisotopic (exact) mass is 456 g/mol. The number of nitrogens with zero attached hydrogens (tertiary/aromatic N) is 2. The van der Waals surface area contributed by atoms with E-state index < -0.39 is 31.3 Å². The van der Waals surface area contributed by atoms with E-state index >= 15 is 0 Å². The van der Waals surface area contributed by atoms with E-state index in [2.05, 4.69) is 24.6 Å². The Balaban J connectivity index is 1.88. The molecule has 0 amide bonds. The number of pyridine rings is 2. The van der Waals surface area contributed by atoms with Gasteiger partial charge in [-0.05, 0) is 29.3 Å². The fraction of sp³-hybridized carbons (Fsp3) is 0.348. The first-order valence-electron chi connectivity index (χ1n) is 10.5. The second-order valence-electron chi connectivity index (χ2n) is 9.45. The Morgan fingerprint density at radius 1 is 1.16 bits per heavy atom. The summed E-state index contributed by atoms with van der Waals surface area (Å²) in [5, 5.41) is 12.5. The maximum Gasteiger partial charge on any atom is 0.343 e. The molecule has 0 fully saturated rings. The van der Waals surface area contributed by atoms with Crippen LogP contribution in [0.4, 0.5) is 8.78 Å². The standard InChI is InChI=1S/C23H22F2N2O4Si/c1-5-23(30)14-7-18-19-12(9-27(18)21(28)13(14)10-31-22(23)29)20(32(2,3)4)11-6-15(24)16(25)8-17(11)26-19/h6-8,30H,5,9-10H2,1-4H3/t23-/m1/s1. The van der Waals surface area contributed by atoms with Crippen LogP contribution in [0.15, 0.2) is 23.0 Å². The minimum atomic E-state index is -2.10. The molecule has 0 radical (unpaired) electrons. The van der Waals surface area contributed by atoms with E-state index in [4.69, 9.17) is 4.74 Å². The van der Waals surface area contributed by atoms with Crippen LogP contribution in [0.1, 0.15) is 30.0 Å². The van der Waals surface area contributed by atoms with Crippen molar-refractivity contribution in [3.8, 4) is 11.4 Å². The Labute approximate surface area is 183 Å². The number of hydrogen-bond donors (Lipinski definition) is 1. The van der Waals surface area contributed by atoms with E-state index in [-0.39, 0.29) is 36.3 Å². The largest absolute Gasteiger partial charge is 0.458 e. The van der Waals surface area contributed by atoms with Crippen LogP contribution in [-0.2, 0) is 28.3 Å². The van der Waals surface area contributed by atoms with Crippen molar-refractivity contribution >= 4 is 30.1 Å². The molecule has 2 aliphatic rings. The topological polar surface area (TPSA) is 81.4 Å². The van der Waals surface area contributed by atoms with Crippen LogP contribution in [0.2, 0.25) is 19.6 Å². The van der Waals surface area contributed by atoms with Crippen LogP contribution < -0.4 is 10.7 Å². The van der Waals surface area contributed by atoms with Crippen LogP contribution in [0.25, 0.3) is 22.3 Å². The highest BCUT2D eigenvalue weighted by atomic mass is 28.3. The molecule has 5 rings (SSSR count). The molecule has 2 aliphatic heterocycles. The molecule has 2 aromatic heterocycles. The fourth-order valence-corrected chi connectivity index (χ4v) is 7.04. The summed E-state index contributed by atoms with van der Waals surface area (Å²) in [6, 6.07) is 3.89. The molecule has 6 nitrogen and oxygen atoms in total. The zero-order valence-electron chi connectivity index (χ0n) is 18.2. The van der Waals surface area contributed by atoms with Gasteiger partial charge in [0.2, 0.25) is 0 Å². The molecule has 0 unspecified atom stereocenters. The van der Waals surface area contributed by atoms with Gasteiger partial charge in [0, 0.05) is 17.0 Å². The summed E-state index contributed by atoms with van der Waals surface area (Å²) in [4.78, 5) is 30.3. The minimum Gasteiger partial charge on any atom is -0.458 e. The molecule has 4 heterocycles. The van der Waals surface area contributed by atoms with E-state index in [0.29, 0.717) is 22.3 Å². The molecular weight excluding hydrogens is 434 g/mol. The van der Waals surface area contributed by atoms with E-state index in [9.17, 15) is 23.5 Å². The van der Waals surface area contributed by atoms with Crippen LogP contribution in [0.3, 0.4) is 0 Å². The first kappa shape index (κ1) is 21.0. The van der Waals surface area contributed by atoms with Gasteiger partial charge >= 0.3 is 5.97 Å². The van der Waals surface area contributed by atoms with Gasteiger partial charge in [0.25, 0.3) is 5.56 Å². The number of aliphatic hydroxyl groups is 1. The number of hydrogen-bond acceptors (Lipinski definition) is 5. The third-order valence-electron chi connectivity index (χ3n) is 6.48. The number of carbonyl (C=O) groups excluding carboxylic acids is 1. The fourth-order valence-electron chi connectivity index (χ4n) is 4.93. The Hall–Kier alpha value is -2.91. The third kappa shape index (κ3) is 2.67. The van der Waals surface area contributed by atoms with Crippen LogP contribution in [0, 0.1) is 11.6 Å². The normalized spacial score (nSPS) is 19.5. The van der Waals surface area contributed by atoms with Crippen molar-refractivity contribution in [3.05, 3.63) is 56.9 Å².